The summed E-state index contributed by atoms with van der Waals surface area (Å²) in [5.74, 6) is -0.280. The van der Waals surface area contributed by atoms with E-state index < -0.39 is 0 Å². The van der Waals surface area contributed by atoms with Crippen molar-refractivity contribution in [3.05, 3.63) is 60.4 Å². The fourth-order valence-corrected chi connectivity index (χ4v) is 4.93. The normalized spacial score (nSPS) is 11.4. The van der Waals surface area contributed by atoms with E-state index in [9.17, 15) is 4.39 Å². The third-order valence-electron chi connectivity index (χ3n) is 4.54. The topological polar surface area (TPSA) is 77.2 Å². The number of aromatic nitrogens is 5. The van der Waals surface area contributed by atoms with Crippen LogP contribution in [-0.2, 0) is 4.74 Å². The van der Waals surface area contributed by atoms with Crippen molar-refractivity contribution in [3.63, 3.8) is 0 Å². The molecule has 5 aromatic rings. The summed E-state index contributed by atoms with van der Waals surface area (Å²) in [4.78, 5) is 5.71. The minimum Gasteiger partial charge on any atom is -0.383 e. The Labute approximate surface area is 185 Å². The molecule has 0 unspecified atom stereocenters. The van der Waals surface area contributed by atoms with Crippen LogP contribution in [0.5, 0.6) is 0 Å². The second-order valence-electron chi connectivity index (χ2n) is 6.62. The van der Waals surface area contributed by atoms with Crippen LogP contribution in [0, 0.1) is 5.82 Å². The van der Waals surface area contributed by atoms with Crippen LogP contribution in [0.3, 0.4) is 0 Å². The molecule has 0 bridgehead atoms. The first-order valence-corrected chi connectivity index (χ1v) is 11.1. The molecule has 0 saturated carbocycles. The molecule has 0 radical (unpaired) electrons. The van der Waals surface area contributed by atoms with Gasteiger partial charge in [0.05, 0.1) is 22.5 Å². The number of nitrogens with one attached hydrogen (secondary N) is 1. The fourth-order valence-electron chi connectivity index (χ4n) is 3.05. The molecule has 0 amide bonds. The molecule has 1 N–H and O–H groups in total. The molecule has 3 aromatic heterocycles. The largest absolute Gasteiger partial charge is 0.383 e. The van der Waals surface area contributed by atoms with E-state index in [1.807, 2.05) is 30.3 Å². The maximum Gasteiger partial charge on any atom is 0.217 e. The molecular formula is C21H17FN6OS2. The Morgan fingerprint density at radius 3 is 2.81 bits per heavy atom. The van der Waals surface area contributed by atoms with E-state index in [0.29, 0.717) is 29.6 Å². The summed E-state index contributed by atoms with van der Waals surface area (Å²) in [7, 11) is 1.67. The van der Waals surface area contributed by atoms with Crippen LogP contribution < -0.4 is 5.32 Å². The van der Waals surface area contributed by atoms with Gasteiger partial charge in [0.15, 0.2) is 10.8 Å². The predicted molar refractivity (Wildman–Crippen MR) is 120 cm³/mol. The van der Waals surface area contributed by atoms with Crippen LogP contribution in [0.1, 0.15) is 0 Å². The average Bonchev–Trinajstić information content (AvgIpc) is 3.39. The molecule has 31 heavy (non-hydrogen) atoms. The van der Waals surface area contributed by atoms with Crippen molar-refractivity contribution in [2.24, 2.45) is 0 Å². The van der Waals surface area contributed by atoms with Crippen molar-refractivity contribution in [3.8, 4) is 11.3 Å². The number of anilines is 1. The Kier molecular flexibility index (Phi) is 5.49. The van der Waals surface area contributed by atoms with E-state index in [1.165, 1.54) is 23.9 Å². The second-order valence-corrected chi connectivity index (χ2v) is 8.66. The van der Waals surface area contributed by atoms with Gasteiger partial charge in [0.2, 0.25) is 5.16 Å². The van der Waals surface area contributed by atoms with Crippen molar-refractivity contribution >= 4 is 44.1 Å². The molecule has 0 aliphatic rings. The summed E-state index contributed by atoms with van der Waals surface area (Å²) >= 11 is 3.06. The highest BCUT2D eigenvalue weighted by atomic mass is 32.2. The zero-order valence-electron chi connectivity index (χ0n) is 16.4. The summed E-state index contributed by atoms with van der Waals surface area (Å²) in [5, 5.41) is 18.0. The third kappa shape index (κ3) is 4.09. The molecule has 156 valence electrons. The van der Waals surface area contributed by atoms with Crippen molar-refractivity contribution in [2.75, 3.05) is 25.6 Å². The molecule has 10 heteroatoms. The maximum atomic E-state index is 13.3. The molecule has 0 saturated heterocycles. The Morgan fingerprint density at radius 1 is 1.10 bits per heavy atom. The van der Waals surface area contributed by atoms with Crippen LogP contribution in [0.15, 0.2) is 64.6 Å². The van der Waals surface area contributed by atoms with Gasteiger partial charge in [-0.15, -0.1) is 10.2 Å². The Hall–Kier alpha value is -3.08. The van der Waals surface area contributed by atoms with Gasteiger partial charge in [0.25, 0.3) is 0 Å². The van der Waals surface area contributed by atoms with Crippen LogP contribution in [-0.4, -0.2) is 45.1 Å². The molecule has 0 fully saturated rings. The zero-order valence-corrected chi connectivity index (χ0v) is 18.1. The number of thiazole rings is 1. The van der Waals surface area contributed by atoms with Crippen LogP contribution in [0.25, 0.3) is 27.1 Å². The van der Waals surface area contributed by atoms with E-state index in [4.69, 9.17) is 9.72 Å². The number of para-hydroxylation sites is 1. The van der Waals surface area contributed by atoms with Gasteiger partial charge >= 0.3 is 0 Å². The second kappa shape index (κ2) is 8.58. The molecule has 3 heterocycles. The monoisotopic (exact) mass is 452 g/mol. The molecule has 2 aromatic carbocycles. The molecule has 0 aliphatic carbocycles. The van der Waals surface area contributed by atoms with E-state index in [1.54, 1.807) is 35.1 Å². The van der Waals surface area contributed by atoms with Crippen LogP contribution in [0.2, 0.25) is 0 Å². The summed E-state index contributed by atoms with van der Waals surface area (Å²) in [5.41, 5.74) is 3.08. The van der Waals surface area contributed by atoms with Gasteiger partial charge in [0.1, 0.15) is 5.82 Å². The Bertz CT molecular complexity index is 1350. The molecule has 0 spiro atoms. The van der Waals surface area contributed by atoms with Crippen molar-refractivity contribution in [2.45, 2.75) is 10.1 Å². The van der Waals surface area contributed by atoms with Crippen LogP contribution in [0.4, 0.5) is 9.52 Å². The van der Waals surface area contributed by atoms with Crippen molar-refractivity contribution in [1.29, 1.82) is 0 Å². The summed E-state index contributed by atoms with van der Waals surface area (Å²) < 4.78 is 21.1. The highest BCUT2D eigenvalue weighted by Crippen LogP contribution is 2.36. The number of halogens is 1. The molecule has 7 nitrogen and oxygen atoms in total. The first-order chi connectivity index (χ1) is 15.2. The lowest BCUT2D eigenvalue weighted by molar-refractivity contribution is 0.211. The Balaban J connectivity index is 1.48. The quantitative estimate of drug-likeness (QED) is 0.357. The van der Waals surface area contributed by atoms with Gasteiger partial charge in [-0.05, 0) is 60.3 Å². The summed E-state index contributed by atoms with van der Waals surface area (Å²) in [6.07, 6.45) is 0. The summed E-state index contributed by atoms with van der Waals surface area (Å²) in [6, 6.07) is 16.0. The van der Waals surface area contributed by atoms with E-state index >= 15 is 0 Å². The minimum atomic E-state index is -0.280. The standard InChI is InChI=1S/C21H17FN6OS2/c1-29-12-11-23-20-24-19-16(30-20)3-2-4-17(19)31-21-26-25-18-10-9-15(27-28(18)21)13-5-7-14(22)8-6-13/h2-10H,11-12H2,1H3,(H,23,24). The van der Waals surface area contributed by atoms with Gasteiger partial charge in [-0.3, -0.25) is 0 Å². The van der Waals surface area contributed by atoms with Crippen LogP contribution >= 0.6 is 23.1 Å². The molecule has 0 aliphatic heterocycles. The lowest BCUT2D eigenvalue weighted by atomic mass is 10.1. The van der Waals surface area contributed by atoms with Gasteiger partial charge in [0, 0.05) is 24.1 Å². The average molecular weight is 453 g/mol. The fraction of sp³-hybridized carbons (Fsp3) is 0.143. The highest BCUT2D eigenvalue weighted by Gasteiger charge is 2.14. The predicted octanol–water partition coefficient (Wildman–Crippen LogP) is 4.75. The van der Waals surface area contributed by atoms with Gasteiger partial charge in [-0.1, -0.05) is 17.4 Å². The minimum absolute atomic E-state index is 0.280. The molecule has 0 atom stereocenters. The van der Waals surface area contributed by atoms with E-state index in [2.05, 4.69) is 20.6 Å². The number of methoxy groups -OCH3 is 1. The lowest BCUT2D eigenvalue weighted by Gasteiger charge is -2.04. The number of nitrogens with zero attached hydrogens (tertiary/aromatic N) is 5. The van der Waals surface area contributed by atoms with Gasteiger partial charge in [-0.25, -0.2) is 9.37 Å². The number of hydrogen-bond donors (Lipinski definition) is 1. The van der Waals surface area contributed by atoms with E-state index in [-0.39, 0.29) is 5.82 Å². The number of ether oxygens (including phenoxy) is 1. The zero-order chi connectivity index (χ0) is 21.2. The van der Waals surface area contributed by atoms with Gasteiger partial charge in [-0.2, -0.15) is 9.61 Å². The SMILES string of the molecule is COCCNc1nc2c(Sc3nnc4ccc(-c5ccc(F)cc5)nn34)cccc2s1. The number of benzene rings is 2. The molecular weight excluding hydrogens is 435 g/mol. The first kappa shape index (κ1) is 19.9. The number of fused-ring (bicyclic) bond motifs is 2. The third-order valence-corrected chi connectivity index (χ3v) is 6.50. The number of rotatable bonds is 7. The van der Waals surface area contributed by atoms with E-state index in [0.717, 1.165) is 25.8 Å². The Morgan fingerprint density at radius 2 is 1.97 bits per heavy atom. The first-order valence-electron chi connectivity index (χ1n) is 9.50. The highest BCUT2D eigenvalue weighted by molar-refractivity contribution is 7.99. The summed E-state index contributed by atoms with van der Waals surface area (Å²) in [6.45, 7) is 1.31. The van der Waals surface area contributed by atoms with Gasteiger partial charge < -0.3 is 10.1 Å². The maximum absolute atomic E-state index is 13.3. The number of hydrogen-bond acceptors (Lipinski definition) is 8. The van der Waals surface area contributed by atoms with Crippen molar-refractivity contribution in [1.82, 2.24) is 24.8 Å². The lowest BCUT2D eigenvalue weighted by Crippen LogP contribution is -2.06. The molecule has 5 rings (SSSR count). The van der Waals surface area contributed by atoms with Crippen molar-refractivity contribution < 1.29 is 9.13 Å². The smallest absolute Gasteiger partial charge is 0.217 e.